The van der Waals surface area contributed by atoms with Crippen molar-refractivity contribution in [2.24, 2.45) is 17.8 Å². The number of aromatic nitrogens is 1. The van der Waals surface area contributed by atoms with Crippen LogP contribution < -0.4 is 10.9 Å². The second-order valence-corrected chi connectivity index (χ2v) is 8.95. The maximum absolute atomic E-state index is 13.4. The Labute approximate surface area is 176 Å². The predicted molar refractivity (Wildman–Crippen MR) is 114 cm³/mol. The number of hydrogen-bond donors (Lipinski definition) is 2. The average molecular weight is 408 g/mol. The molecule has 0 spiro atoms. The van der Waals surface area contributed by atoms with E-state index in [1.54, 1.807) is 12.1 Å². The summed E-state index contributed by atoms with van der Waals surface area (Å²) in [5.41, 5.74) is 2.09. The number of carbonyl (C=O) groups excluding carboxylic acids is 1. The molecule has 158 valence electrons. The summed E-state index contributed by atoms with van der Waals surface area (Å²) in [6.07, 6.45) is 3.24. The monoisotopic (exact) mass is 407 g/mol. The first-order valence-corrected chi connectivity index (χ1v) is 11.1. The van der Waals surface area contributed by atoms with Crippen molar-refractivity contribution in [2.45, 2.75) is 37.9 Å². The number of aliphatic hydroxyl groups is 1. The lowest BCUT2D eigenvalue weighted by Crippen LogP contribution is -2.47. The molecule has 1 amide bonds. The number of nitrogens with zero attached hydrogens (tertiary/aromatic N) is 2. The highest BCUT2D eigenvalue weighted by atomic mass is 16.3. The van der Waals surface area contributed by atoms with Crippen molar-refractivity contribution in [3.05, 3.63) is 70.1 Å². The molecular formula is C24H29N3O3. The van der Waals surface area contributed by atoms with Crippen molar-refractivity contribution < 1.29 is 9.90 Å². The fourth-order valence-corrected chi connectivity index (χ4v) is 5.42. The van der Waals surface area contributed by atoms with Crippen molar-refractivity contribution in [1.82, 2.24) is 14.8 Å². The summed E-state index contributed by atoms with van der Waals surface area (Å²) in [5, 5.41) is 13.4. The van der Waals surface area contributed by atoms with E-state index in [1.165, 1.54) is 18.4 Å². The van der Waals surface area contributed by atoms with Gasteiger partial charge in [-0.15, -0.1) is 0 Å². The van der Waals surface area contributed by atoms with Crippen LogP contribution >= 0.6 is 0 Å². The minimum atomic E-state index is -0.343. The SMILES string of the molecule is O=C(NCCc1ccccc1)[C@H]1[C@H](CO)[C@H]2Cn3c(cccc3=O)[C@@H]1N2CC1CC1. The van der Waals surface area contributed by atoms with E-state index in [0.29, 0.717) is 19.0 Å². The van der Waals surface area contributed by atoms with Crippen molar-refractivity contribution in [3.63, 3.8) is 0 Å². The van der Waals surface area contributed by atoms with Gasteiger partial charge in [-0.2, -0.15) is 0 Å². The third-order valence-electron chi connectivity index (χ3n) is 7.07. The Bertz CT molecular complexity index is 969. The number of fused-ring (bicyclic) bond motifs is 4. The van der Waals surface area contributed by atoms with Gasteiger partial charge in [0.15, 0.2) is 0 Å². The Hall–Kier alpha value is -2.44. The number of rotatable bonds is 7. The van der Waals surface area contributed by atoms with E-state index < -0.39 is 0 Å². The van der Waals surface area contributed by atoms with Crippen LogP contribution in [0.1, 0.15) is 30.1 Å². The minimum Gasteiger partial charge on any atom is -0.396 e. The lowest BCUT2D eigenvalue weighted by molar-refractivity contribution is -0.127. The minimum absolute atomic E-state index is 0.0111. The van der Waals surface area contributed by atoms with Crippen LogP contribution in [0.3, 0.4) is 0 Å². The number of nitrogens with one attached hydrogen (secondary N) is 1. The van der Waals surface area contributed by atoms with Crippen LogP contribution in [0.15, 0.2) is 53.3 Å². The van der Waals surface area contributed by atoms with Gasteiger partial charge in [-0.3, -0.25) is 14.5 Å². The van der Waals surface area contributed by atoms with E-state index in [9.17, 15) is 14.7 Å². The Morgan fingerprint density at radius 3 is 2.63 bits per heavy atom. The van der Waals surface area contributed by atoms with Crippen molar-refractivity contribution in [3.8, 4) is 0 Å². The average Bonchev–Trinajstić information content (AvgIpc) is 3.54. The third kappa shape index (κ3) is 3.48. The number of carbonyl (C=O) groups is 1. The molecule has 2 N–H and O–H groups in total. The van der Waals surface area contributed by atoms with Gasteiger partial charge < -0.3 is 15.0 Å². The van der Waals surface area contributed by atoms with Crippen LogP contribution in [-0.4, -0.2) is 46.2 Å². The fourth-order valence-electron chi connectivity index (χ4n) is 5.42. The van der Waals surface area contributed by atoms with E-state index in [2.05, 4.69) is 22.3 Å². The van der Waals surface area contributed by atoms with Crippen LogP contribution in [0.5, 0.6) is 0 Å². The number of aliphatic hydroxyl groups excluding tert-OH is 1. The summed E-state index contributed by atoms with van der Waals surface area (Å²) in [7, 11) is 0. The molecule has 5 rings (SSSR count). The van der Waals surface area contributed by atoms with Gasteiger partial charge in [-0.25, -0.2) is 0 Å². The molecular weight excluding hydrogens is 378 g/mol. The fraction of sp³-hybridized carbons (Fsp3) is 0.500. The zero-order valence-corrected chi connectivity index (χ0v) is 17.1. The Morgan fingerprint density at radius 1 is 1.10 bits per heavy atom. The molecule has 2 bridgehead atoms. The lowest BCUT2D eigenvalue weighted by atomic mass is 9.86. The molecule has 0 unspecified atom stereocenters. The van der Waals surface area contributed by atoms with Crippen LogP contribution in [0.4, 0.5) is 0 Å². The van der Waals surface area contributed by atoms with Gasteiger partial charge in [0.2, 0.25) is 5.91 Å². The van der Waals surface area contributed by atoms with Crippen molar-refractivity contribution >= 4 is 5.91 Å². The number of pyridine rings is 1. The quantitative estimate of drug-likeness (QED) is 0.731. The Morgan fingerprint density at radius 2 is 1.90 bits per heavy atom. The maximum Gasteiger partial charge on any atom is 0.250 e. The van der Waals surface area contributed by atoms with Gasteiger partial charge in [-0.1, -0.05) is 36.4 Å². The molecule has 30 heavy (non-hydrogen) atoms. The van der Waals surface area contributed by atoms with E-state index >= 15 is 0 Å². The first-order chi connectivity index (χ1) is 14.7. The molecule has 6 nitrogen and oxygen atoms in total. The summed E-state index contributed by atoms with van der Waals surface area (Å²) in [4.78, 5) is 28.3. The smallest absolute Gasteiger partial charge is 0.250 e. The molecule has 2 fully saturated rings. The molecule has 6 heteroatoms. The largest absolute Gasteiger partial charge is 0.396 e. The van der Waals surface area contributed by atoms with E-state index in [4.69, 9.17) is 0 Å². The first-order valence-electron chi connectivity index (χ1n) is 11.1. The molecule has 2 aromatic rings. The highest BCUT2D eigenvalue weighted by Gasteiger charge is 2.56. The molecule has 3 aliphatic rings. The van der Waals surface area contributed by atoms with Crippen molar-refractivity contribution in [2.75, 3.05) is 19.7 Å². The topological polar surface area (TPSA) is 74.6 Å². The molecule has 1 saturated heterocycles. The van der Waals surface area contributed by atoms with Crippen LogP contribution in [0, 0.1) is 17.8 Å². The highest BCUT2D eigenvalue weighted by Crippen LogP contribution is 2.49. The van der Waals surface area contributed by atoms with Gasteiger partial charge in [0.05, 0.1) is 12.0 Å². The predicted octanol–water partition coefficient (Wildman–Crippen LogP) is 1.58. The third-order valence-corrected chi connectivity index (χ3v) is 7.07. The van der Waals surface area contributed by atoms with Gasteiger partial charge in [-0.05, 0) is 36.8 Å². The molecule has 3 heterocycles. The number of benzene rings is 1. The van der Waals surface area contributed by atoms with E-state index in [-0.39, 0.29) is 42.0 Å². The summed E-state index contributed by atoms with van der Waals surface area (Å²) in [6.45, 7) is 2.03. The van der Waals surface area contributed by atoms with E-state index in [1.807, 2.05) is 28.8 Å². The Kier molecular flexibility index (Phi) is 5.21. The van der Waals surface area contributed by atoms with Crippen LogP contribution in [-0.2, 0) is 17.8 Å². The second kappa shape index (κ2) is 8.00. The number of amides is 1. The molecule has 4 atom stereocenters. The zero-order valence-electron chi connectivity index (χ0n) is 17.1. The van der Waals surface area contributed by atoms with Crippen molar-refractivity contribution in [1.29, 1.82) is 0 Å². The molecule has 1 aromatic carbocycles. The molecule has 1 aromatic heterocycles. The summed E-state index contributed by atoms with van der Waals surface area (Å²) in [5.74, 6) is 0.161. The molecule has 0 radical (unpaired) electrons. The van der Waals surface area contributed by atoms with Crippen LogP contribution in [0.2, 0.25) is 0 Å². The maximum atomic E-state index is 13.4. The Balaban J connectivity index is 1.41. The normalized spacial score (nSPS) is 27.6. The van der Waals surface area contributed by atoms with Crippen LogP contribution in [0.25, 0.3) is 0 Å². The van der Waals surface area contributed by atoms with Gasteiger partial charge in [0.25, 0.3) is 5.56 Å². The van der Waals surface area contributed by atoms with Gasteiger partial charge in [0, 0.05) is 50.0 Å². The second-order valence-electron chi connectivity index (χ2n) is 8.95. The molecule has 1 saturated carbocycles. The van der Waals surface area contributed by atoms with Gasteiger partial charge in [0.1, 0.15) is 0 Å². The molecule has 1 aliphatic carbocycles. The first kappa shape index (κ1) is 19.5. The van der Waals surface area contributed by atoms with E-state index in [0.717, 1.165) is 18.7 Å². The number of hydrogen-bond acceptors (Lipinski definition) is 4. The summed E-state index contributed by atoms with van der Waals surface area (Å²) < 4.78 is 1.82. The summed E-state index contributed by atoms with van der Waals surface area (Å²) in [6, 6.07) is 15.4. The highest BCUT2D eigenvalue weighted by molar-refractivity contribution is 5.80. The molecule has 2 aliphatic heterocycles. The van der Waals surface area contributed by atoms with Gasteiger partial charge >= 0.3 is 0 Å². The zero-order chi connectivity index (χ0) is 20.7. The standard InChI is InChI=1S/C24H29N3O3/c28-15-18-20-14-26-19(7-4-8-21(26)29)23(27(20)13-17-9-10-17)22(18)24(30)25-12-11-16-5-2-1-3-6-16/h1-8,17-18,20,22-23,28H,9-15H2,(H,25,30)/t18-,20-,22+,23+/m1/s1. The summed E-state index contributed by atoms with van der Waals surface area (Å²) >= 11 is 0. The lowest BCUT2D eigenvalue weighted by Gasteiger charge is -2.38.